The van der Waals surface area contributed by atoms with Crippen LogP contribution in [0.2, 0.25) is 0 Å². The summed E-state index contributed by atoms with van der Waals surface area (Å²) in [5, 5.41) is 9.85. The summed E-state index contributed by atoms with van der Waals surface area (Å²) in [5.41, 5.74) is 1.22. The molecule has 0 saturated heterocycles. The molecule has 0 spiro atoms. The van der Waals surface area contributed by atoms with Crippen molar-refractivity contribution in [2.75, 3.05) is 12.9 Å². The van der Waals surface area contributed by atoms with Crippen LogP contribution in [0.4, 0.5) is 0 Å². The summed E-state index contributed by atoms with van der Waals surface area (Å²) >= 11 is 1.73. The van der Waals surface area contributed by atoms with Gasteiger partial charge in [0.25, 0.3) is 0 Å². The molecule has 4 heteroatoms. The van der Waals surface area contributed by atoms with Gasteiger partial charge in [0.05, 0.1) is 13.2 Å². The average molecular weight is 274 g/mol. The maximum atomic E-state index is 8.64. The molecule has 1 aromatic heterocycles. The number of rotatable bonds is 5. The van der Waals surface area contributed by atoms with Crippen LogP contribution in [0, 0.1) is 11.3 Å². The molecular formula is C15H18N2OS. The highest BCUT2D eigenvalue weighted by molar-refractivity contribution is 7.99. The van der Waals surface area contributed by atoms with Gasteiger partial charge >= 0.3 is 0 Å². The normalized spacial score (nSPS) is 10.9. The molecule has 2 aromatic rings. The number of thioether (sulfide) groups is 1. The van der Waals surface area contributed by atoms with E-state index < -0.39 is 0 Å². The maximum absolute atomic E-state index is 8.64. The van der Waals surface area contributed by atoms with Crippen molar-refractivity contribution in [2.45, 2.75) is 31.2 Å². The highest BCUT2D eigenvalue weighted by atomic mass is 32.2. The van der Waals surface area contributed by atoms with E-state index in [1.165, 1.54) is 15.8 Å². The molecule has 0 bridgehead atoms. The third-order valence-electron chi connectivity index (χ3n) is 3.03. The predicted molar refractivity (Wildman–Crippen MR) is 79.8 cm³/mol. The molecule has 0 saturated carbocycles. The fourth-order valence-corrected chi connectivity index (χ4v) is 3.00. The summed E-state index contributed by atoms with van der Waals surface area (Å²) in [6, 6.07) is 8.77. The molecule has 0 amide bonds. The minimum atomic E-state index is 0.418. The molecule has 0 radical (unpaired) electrons. The highest BCUT2D eigenvalue weighted by Gasteiger charge is 2.11. The number of hydrogen-bond acceptors (Lipinski definition) is 3. The topological polar surface area (TPSA) is 37.9 Å². The smallest absolute Gasteiger partial charge is 0.119 e. The van der Waals surface area contributed by atoms with Crippen molar-refractivity contribution in [3.05, 3.63) is 24.4 Å². The molecule has 1 aromatic carbocycles. The van der Waals surface area contributed by atoms with Crippen LogP contribution in [0.15, 0.2) is 29.3 Å². The minimum absolute atomic E-state index is 0.418. The van der Waals surface area contributed by atoms with Crippen molar-refractivity contribution < 1.29 is 4.74 Å². The molecule has 0 fully saturated rings. The number of hydrogen-bond donors (Lipinski definition) is 0. The van der Waals surface area contributed by atoms with E-state index in [4.69, 9.17) is 10.00 Å². The molecule has 0 unspecified atom stereocenters. The Hall–Kier alpha value is -1.60. The quantitative estimate of drug-likeness (QED) is 0.604. The largest absolute Gasteiger partial charge is 0.497 e. The van der Waals surface area contributed by atoms with Crippen LogP contribution in [0.5, 0.6) is 5.75 Å². The van der Waals surface area contributed by atoms with Gasteiger partial charge in [-0.25, -0.2) is 0 Å². The summed E-state index contributed by atoms with van der Waals surface area (Å²) < 4.78 is 7.57. The van der Waals surface area contributed by atoms with Gasteiger partial charge in [-0.2, -0.15) is 5.26 Å². The Labute approximate surface area is 118 Å². The molecular weight excluding hydrogens is 256 g/mol. The van der Waals surface area contributed by atoms with Gasteiger partial charge in [-0.15, -0.1) is 11.8 Å². The number of nitriles is 1. The maximum Gasteiger partial charge on any atom is 0.119 e. The molecule has 0 aliphatic heterocycles. The Morgan fingerprint density at radius 3 is 2.84 bits per heavy atom. The molecule has 19 heavy (non-hydrogen) atoms. The van der Waals surface area contributed by atoms with E-state index in [1.54, 1.807) is 18.9 Å². The molecule has 0 N–H and O–H groups in total. The second-order valence-electron chi connectivity index (χ2n) is 4.63. The van der Waals surface area contributed by atoms with E-state index in [0.29, 0.717) is 12.5 Å². The van der Waals surface area contributed by atoms with Crippen LogP contribution < -0.4 is 4.74 Å². The first kappa shape index (κ1) is 13.8. The van der Waals surface area contributed by atoms with Crippen LogP contribution in [0.25, 0.3) is 10.9 Å². The lowest BCUT2D eigenvalue weighted by molar-refractivity contribution is 0.415. The molecule has 2 rings (SSSR count). The van der Waals surface area contributed by atoms with Crippen molar-refractivity contribution in [3.8, 4) is 11.8 Å². The summed E-state index contributed by atoms with van der Waals surface area (Å²) in [6.45, 7) is 4.35. The Bertz CT molecular complexity index is 610. The zero-order valence-electron chi connectivity index (χ0n) is 11.5. The SMILES string of the molecule is COc1ccc2c(c1)c(SCCC#N)cn2C(C)C. The first-order valence-electron chi connectivity index (χ1n) is 6.35. The fourth-order valence-electron chi connectivity index (χ4n) is 2.08. The molecule has 100 valence electrons. The zero-order chi connectivity index (χ0) is 13.8. The fraction of sp³-hybridized carbons (Fsp3) is 0.400. The Morgan fingerprint density at radius 2 is 2.21 bits per heavy atom. The van der Waals surface area contributed by atoms with Crippen LogP contribution in [-0.2, 0) is 0 Å². The average Bonchev–Trinajstić information content (AvgIpc) is 2.77. The van der Waals surface area contributed by atoms with E-state index in [-0.39, 0.29) is 0 Å². The van der Waals surface area contributed by atoms with E-state index >= 15 is 0 Å². The van der Waals surface area contributed by atoms with Crippen LogP contribution in [-0.4, -0.2) is 17.4 Å². The number of fused-ring (bicyclic) bond motifs is 1. The van der Waals surface area contributed by atoms with Gasteiger partial charge in [0.2, 0.25) is 0 Å². The number of benzene rings is 1. The molecule has 0 atom stereocenters. The number of methoxy groups -OCH3 is 1. The Morgan fingerprint density at radius 1 is 1.42 bits per heavy atom. The monoisotopic (exact) mass is 274 g/mol. The standard InChI is InChI=1S/C15H18N2OS/c1-11(2)17-10-15(19-8-4-7-16)13-9-12(18-3)5-6-14(13)17/h5-6,9-11H,4,8H2,1-3H3. The van der Waals surface area contributed by atoms with Gasteiger partial charge in [-0.1, -0.05) is 0 Å². The second kappa shape index (κ2) is 6.03. The van der Waals surface area contributed by atoms with Gasteiger partial charge in [-0.3, -0.25) is 0 Å². The lowest BCUT2D eigenvalue weighted by Crippen LogP contribution is -1.97. The van der Waals surface area contributed by atoms with Gasteiger partial charge in [0.1, 0.15) is 5.75 Å². The van der Waals surface area contributed by atoms with Gasteiger partial charge < -0.3 is 9.30 Å². The first-order chi connectivity index (χ1) is 9.17. The van der Waals surface area contributed by atoms with Crippen molar-refractivity contribution >= 4 is 22.7 Å². The van der Waals surface area contributed by atoms with Gasteiger partial charge in [0.15, 0.2) is 0 Å². The summed E-state index contributed by atoms with van der Waals surface area (Å²) in [7, 11) is 1.68. The first-order valence-corrected chi connectivity index (χ1v) is 7.34. The van der Waals surface area contributed by atoms with E-state index in [9.17, 15) is 0 Å². The third-order valence-corrected chi connectivity index (χ3v) is 4.08. The second-order valence-corrected chi connectivity index (χ2v) is 5.77. The van der Waals surface area contributed by atoms with Gasteiger partial charge in [-0.05, 0) is 32.0 Å². The van der Waals surface area contributed by atoms with Crippen molar-refractivity contribution in [1.29, 1.82) is 5.26 Å². The van der Waals surface area contributed by atoms with Crippen molar-refractivity contribution in [2.24, 2.45) is 0 Å². The van der Waals surface area contributed by atoms with Crippen molar-refractivity contribution in [3.63, 3.8) is 0 Å². The summed E-state index contributed by atoms with van der Waals surface area (Å²) in [5.74, 6) is 1.70. The van der Waals surface area contributed by atoms with Crippen LogP contribution >= 0.6 is 11.8 Å². The number of aromatic nitrogens is 1. The van der Waals surface area contributed by atoms with E-state index in [0.717, 1.165) is 11.5 Å². The third kappa shape index (κ3) is 2.87. The molecule has 0 aliphatic carbocycles. The molecule has 1 heterocycles. The van der Waals surface area contributed by atoms with Crippen LogP contribution in [0.3, 0.4) is 0 Å². The molecule has 3 nitrogen and oxygen atoms in total. The number of ether oxygens (including phenoxy) is 1. The molecule has 0 aliphatic rings. The summed E-state index contributed by atoms with van der Waals surface area (Å²) in [4.78, 5) is 1.22. The number of nitrogens with zero attached hydrogens (tertiary/aromatic N) is 2. The Balaban J connectivity index is 2.46. The summed E-state index contributed by atoms with van der Waals surface area (Å²) in [6.07, 6.45) is 2.75. The van der Waals surface area contributed by atoms with Gasteiger partial charge in [0, 0.05) is 40.2 Å². The minimum Gasteiger partial charge on any atom is -0.497 e. The van der Waals surface area contributed by atoms with E-state index in [1.807, 2.05) is 6.07 Å². The van der Waals surface area contributed by atoms with E-state index in [2.05, 4.69) is 42.8 Å². The lowest BCUT2D eigenvalue weighted by Gasteiger charge is -2.09. The van der Waals surface area contributed by atoms with Crippen molar-refractivity contribution in [1.82, 2.24) is 4.57 Å². The zero-order valence-corrected chi connectivity index (χ0v) is 12.3. The Kier molecular flexibility index (Phi) is 4.39. The highest BCUT2D eigenvalue weighted by Crippen LogP contribution is 2.34. The predicted octanol–water partition coefficient (Wildman–Crippen LogP) is 4.24. The lowest BCUT2D eigenvalue weighted by atomic mass is 10.2. The van der Waals surface area contributed by atoms with Crippen LogP contribution in [0.1, 0.15) is 26.3 Å².